The van der Waals surface area contributed by atoms with Gasteiger partial charge in [0, 0.05) is 24.2 Å². The lowest BCUT2D eigenvalue weighted by atomic mass is 10.1. The van der Waals surface area contributed by atoms with Gasteiger partial charge in [-0.1, -0.05) is 30.3 Å². The Balaban J connectivity index is 1.57. The van der Waals surface area contributed by atoms with Crippen molar-refractivity contribution in [2.75, 3.05) is 13.1 Å². The molecular weight excluding hydrogens is 330 g/mol. The summed E-state index contributed by atoms with van der Waals surface area (Å²) >= 11 is 0. The quantitative estimate of drug-likeness (QED) is 0.705. The van der Waals surface area contributed by atoms with Crippen LogP contribution in [0, 0.1) is 0 Å². The van der Waals surface area contributed by atoms with E-state index >= 15 is 0 Å². The fraction of sp³-hybridized carbons (Fsp3) is 0.250. The van der Waals surface area contributed by atoms with Gasteiger partial charge in [0.15, 0.2) is 0 Å². The minimum atomic E-state index is -0.649. The van der Waals surface area contributed by atoms with Crippen molar-refractivity contribution in [1.82, 2.24) is 15.1 Å². The lowest BCUT2D eigenvalue weighted by Crippen LogP contribution is -2.35. The van der Waals surface area contributed by atoms with Gasteiger partial charge < -0.3 is 14.1 Å². The minimum absolute atomic E-state index is 0.00896. The average Bonchev–Trinajstić information content (AvgIpc) is 3.41. The van der Waals surface area contributed by atoms with E-state index in [4.69, 9.17) is 9.15 Å². The van der Waals surface area contributed by atoms with Crippen LogP contribution in [-0.2, 0) is 4.79 Å². The zero-order valence-corrected chi connectivity index (χ0v) is 14.2. The number of carbonyl (C=O) groups is 1. The molecule has 1 atom stereocenters. The highest BCUT2D eigenvalue weighted by Crippen LogP contribution is 2.27. The first kappa shape index (κ1) is 16.3. The van der Waals surface area contributed by atoms with Gasteiger partial charge in [-0.3, -0.25) is 4.79 Å². The third-order valence-electron chi connectivity index (χ3n) is 4.46. The molecule has 0 N–H and O–H groups in total. The Morgan fingerprint density at radius 3 is 2.42 bits per heavy atom. The molecule has 2 heterocycles. The Kier molecular flexibility index (Phi) is 4.64. The van der Waals surface area contributed by atoms with Crippen LogP contribution in [0.2, 0.25) is 0 Å². The second kappa shape index (κ2) is 7.39. The van der Waals surface area contributed by atoms with Crippen molar-refractivity contribution in [2.24, 2.45) is 0 Å². The zero-order chi connectivity index (χ0) is 17.8. The molecule has 1 aliphatic heterocycles. The molecule has 1 aliphatic rings. The highest BCUT2D eigenvalue weighted by Gasteiger charge is 2.29. The summed E-state index contributed by atoms with van der Waals surface area (Å²) in [6.07, 6.45) is 2.74. The van der Waals surface area contributed by atoms with Gasteiger partial charge in [-0.25, -0.2) is 0 Å². The second-order valence-corrected chi connectivity index (χ2v) is 6.21. The number of ether oxygens (including phenoxy) is 1. The predicted octanol–water partition coefficient (Wildman–Crippen LogP) is 3.48. The molecule has 1 aromatic heterocycles. The van der Waals surface area contributed by atoms with Crippen molar-refractivity contribution in [3.8, 4) is 17.2 Å². The monoisotopic (exact) mass is 349 g/mol. The van der Waals surface area contributed by atoms with E-state index < -0.39 is 6.10 Å². The highest BCUT2D eigenvalue weighted by molar-refractivity contribution is 5.83. The van der Waals surface area contributed by atoms with E-state index in [0.29, 0.717) is 11.6 Å². The van der Waals surface area contributed by atoms with Gasteiger partial charge in [0.1, 0.15) is 5.75 Å². The van der Waals surface area contributed by atoms with Crippen molar-refractivity contribution in [3.63, 3.8) is 0 Å². The summed E-state index contributed by atoms with van der Waals surface area (Å²) in [4.78, 5) is 14.9. The van der Waals surface area contributed by atoms with Crippen molar-refractivity contribution in [3.05, 3.63) is 66.6 Å². The molecule has 0 unspecified atom stereocenters. The topological polar surface area (TPSA) is 68.5 Å². The van der Waals surface area contributed by atoms with Crippen LogP contribution < -0.4 is 4.74 Å². The summed E-state index contributed by atoms with van der Waals surface area (Å²) in [6.45, 7) is 1.59. The van der Waals surface area contributed by atoms with Crippen LogP contribution in [0.25, 0.3) is 11.5 Å². The first-order valence-electron chi connectivity index (χ1n) is 8.68. The van der Waals surface area contributed by atoms with Gasteiger partial charge in [0.25, 0.3) is 5.91 Å². The summed E-state index contributed by atoms with van der Waals surface area (Å²) in [7, 11) is 0. The van der Waals surface area contributed by atoms with E-state index in [-0.39, 0.29) is 5.91 Å². The number of rotatable bonds is 5. The largest absolute Gasteiger partial charge is 0.476 e. The first-order chi connectivity index (χ1) is 12.8. The number of hydrogen-bond acceptors (Lipinski definition) is 5. The zero-order valence-electron chi connectivity index (χ0n) is 14.2. The van der Waals surface area contributed by atoms with E-state index in [9.17, 15) is 4.79 Å². The van der Waals surface area contributed by atoms with Gasteiger partial charge >= 0.3 is 0 Å². The van der Waals surface area contributed by atoms with E-state index in [1.807, 2.05) is 59.5 Å². The third kappa shape index (κ3) is 3.44. The molecule has 26 heavy (non-hydrogen) atoms. The van der Waals surface area contributed by atoms with Crippen LogP contribution in [0.15, 0.2) is 65.4 Å². The maximum Gasteiger partial charge on any atom is 0.268 e. The molecule has 4 rings (SSSR count). The Bertz CT molecular complexity index is 842. The van der Waals surface area contributed by atoms with Crippen LogP contribution >= 0.6 is 0 Å². The summed E-state index contributed by atoms with van der Waals surface area (Å²) in [5.74, 6) is 1.08. The summed E-state index contributed by atoms with van der Waals surface area (Å²) in [5, 5.41) is 7.57. The Labute approximate surface area is 151 Å². The minimum Gasteiger partial charge on any atom is -0.476 e. The number of amides is 1. The van der Waals surface area contributed by atoms with Crippen molar-refractivity contribution in [2.45, 2.75) is 18.9 Å². The summed E-state index contributed by atoms with van der Waals surface area (Å²) in [6, 6.07) is 16.9. The Morgan fingerprint density at radius 1 is 1.04 bits per heavy atom. The molecular formula is C20H19N3O3. The molecule has 1 saturated heterocycles. The van der Waals surface area contributed by atoms with E-state index in [1.54, 1.807) is 0 Å². The maximum atomic E-state index is 13.0. The van der Waals surface area contributed by atoms with Crippen LogP contribution in [0.5, 0.6) is 5.75 Å². The molecule has 6 nitrogen and oxygen atoms in total. The normalized spacial score (nSPS) is 15.0. The average molecular weight is 349 g/mol. The lowest BCUT2D eigenvalue weighted by Gasteiger charge is -2.24. The highest BCUT2D eigenvalue weighted by atomic mass is 16.5. The van der Waals surface area contributed by atoms with Crippen molar-refractivity contribution < 1.29 is 13.9 Å². The number of carbonyl (C=O) groups excluding carboxylic acids is 1. The van der Waals surface area contributed by atoms with Gasteiger partial charge in [0.05, 0.1) is 0 Å². The molecule has 1 fully saturated rings. The van der Waals surface area contributed by atoms with Crippen LogP contribution in [0.4, 0.5) is 0 Å². The van der Waals surface area contributed by atoms with E-state index in [0.717, 1.165) is 37.1 Å². The van der Waals surface area contributed by atoms with Crippen molar-refractivity contribution in [1.29, 1.82) is 0 Å². The summed E-state index contributed by atoms with van der Waals surface area (Å²) in [5.41, 5.74) is 1.65. The number of likely N-dealkylation sites (tertiary alicyclic amines) is 1. The molecule has 1 amide bonds. The smallest absolute Gasteiger partial charge is 0.268 e. The lowest BCUT2D eigenvalue weighted by molar-refractivity contribution is -0.137. The van der Waals surface area contributed by atoms with E-state index in [2.05, 4.69) is 10.2 Å². The number of benzene rings is 2. The van der Waals surface area contributed by atoms with Crippen molar-refractivity contribution >= 4 is 5.91 Å². The number of nitrogens with zero attached hydrogens (tertiary/aromatic N) is 3. The first-order valence-corrected chi connectivity index (χ1v) is 8.68. The fourth-order valence-electron chi connectivity index (χ4n) is 3.10. The molecule has 0 aliphatic carbocycles. The molecule has 0 bridgehead atoms. The molecule has 3 aromatic rings. The molecule has 0 radical (unpaired) electrons. The van der Waals surface area contributed by atoms with Gasteiger partial charge in [-0.05, 0) is 37.1 Å². The Hall–Kier alpha value is -3.15. The Morgan fingerprint density at radius 2 is 1.77 bits per heavy atom. The maximum absolute atomic E-state index is 13.0. The SMILES string of the molecule is O=C([C@@H](Oc1ccc(-c2nnco2)cc1)c1ccccc1)N1CCCC1. The number of aromatic nitrogens is 2. The van der Waals surface area contributed by atoms with Crippen LogP contribution in [0.1, 0.15) is 24.5 Å². The van der Waals surface area contributed by atoms with Gasteiger partial charge in [-0.15, -0.1) is 10.2 Å². The summed E-state index contributed by atoms with van der Waals surface area (Å²) < 4.78 is 11.3. The molecule has 0 spiro atoms. The molecule has 2 aromatic carbocycles. The molecule has 0 saturated carbocycles. The van der Waals surface area contributed by atoms with Gasteiger partial charge in [-0.2, -0.15) is 0 Å². The van der Waals surface area contributed by atoms with Gasteiger partial charge in [0.2, 0.25) is 18.4 Å². The third-order valence-corrected chi connectivity index (χ3v) is 4.46. The second-order valence-electron chi connectivity index (χ2n) is 6.21. The molecule has 6 heteroatoms. The van der Waals surface area contributed by atoms with Crippen LogP contribution in [-0.4, -0.2) is 34.1 Å². The fourth-order valence-corrected chi connectivity index (χ4v) is 3.10. The number of hydrogen-bond donors (Lipinski definition) is 0. The standard InChI is InChI=1S/C20H19N3O3/c24-20(23-12-4-5-13-23)18(15-6-2-1-3-7-15)26-17-10-8-16(9-11-17)19-22-21-14-25-19/h1-3,6-11,14,18H,4-5,12-13H2/t18-/m0/s1. The van der Waals surface area contributed by atoms with E-state index in [1.165, 1.54) is 6.39 Å². The predicted molar refractivity (Wildman–Crippen MR) is 95.4 cm³/mol. The molecule has 132 valence electrons. The van der Waals surface area contributed by atoms with Crippen LogP contribution in [0.3, 0.4) is 0 Å².